The summed E-state index contributed by atoms with van der Waals surface area (Å²) < 4.78 is 16.7. The number of ether oxygens (including phenoxy) is 2. The summed E-state index contributed by atoms with van der Waals surface area (Å²) in [6, 6.07) is 7.56. The van der Waals surface area contributed by atoms with Gasteiger partial charge in [-0.2, -0.15) is 0 Å². The maximum absolute atomic E-state index is 10.2. The summed E-state index contributed by atoms with van der Waals surface area (Å²) in [7, 11) is 0. The van der Waals surface area contributed by atoms with Gasteiger partial charge < -0.3 is 45.2 Å². The van der Waals surface area contributed by atoms with Crippen LogP contribution in [0.4, 0.5) is 0 Å². The van der Waals surface area contributed by atoms with E-state index in [2.05, 4.69) is 0 Å². The Morgan fingerprint density at radius 1 is 0.867 bits per heavy atom. The van der Waals surface area contributed by atoms with E-state index in [4.69, 9.17) is 13.9 Å². The van der Waals surface area contributed by atoms with Gasteiger partial charge in [0.1, 0.15) is 35.2 Å². The first-order valence-corrected chi connectivity index (χ1v) is 8.92. The van der Waals surface area contributed by atoms with Gasteiger partial charge in [0.25, 0.3) is 0 Å². The molecule has 10 heteroatoms. The van der Waals surface area contributed by atoms with Crippen molar-refractivity contribution in [3.05, 3.63) is 36.4 Å². The van der Waals surface area contributed by atoms with E-state index in [0.29, 0.717) is 0 Å². The fraction of sp³-hybridized carbons (Fsp3) is 0.250. The predicted molar refractivity (Wildman–Crippen MR) is 101 cm³/mol. The molecule has 1 unspecified atom stereocenters. The van der Waals surface area contributed by atoms with Gasteiger partial charge in [-0.25, -0.2) is 4.42 Å². The molecule has 4 rings (SSSR count). The van der Waals surface area contributed by atoms with Crippen LogP contribution in [0.25, 0.3) is 22.3 Å². The molecule has 0 aliphatic carbocycles. The second kappa shape index (κ2) is 7.50. The van der Waals surface area contributed by atoms with Gasteiger partial charge in [0.05, 0.1) is 18.2 Å². The molecular weight excluding hydrogens is 400 g/mol. The molecule has 2 heterocycles. The molecule has 2 aromatic carbocycles. The summed E-state index contributed by atoms with van der Waals surface area (Å²) >= 11 is 0. The topological polar surface area (TPSA) is 171 Å². The van der Waals surface area contributed by atoms with Crippen LogP contribution in [0.1, 0.15) is 0 Å². The van der Waals surface area contributed by atoms with Crippen molar-refractivity contribution in [1.82, 2.24) is 0 Å². The highest BCUT2D eigenvalue weighted by molar-refractivity contribution is 5.88. The Morgan fingerprint density at radius 3 is 2.37 bits per heavy atom. The van der Waals surface area contributed by atoms with Gasteiger partial charge in [-0.1, -0.05) is 0 Å². The molecule has 7 N–H and O–H groups in total. The second-order valence-electron chi connectivity index (χ2n) is 6.89. The first kappa shape index (κ1) is 20.0. The number of aromatic hydroxyl groups is 4. The lowest BCUT2D eigenvalue weighted by molar-refractivity contribution is -0.242. The quantitative estimate of drug-likeness (QED) is 0.240. The zero-order valence-electron chi connectivity index (χ0n) is 15.3. The number of hydrogen-bond donors (Lipinski definition) is 7. The van der Waals surface area contributed by atoms with Crippen LogP contribution in [0.15, 0.2) is 40.8 Å². The van der Waals surface area contributed by atoms with Crippen LogP contribution in [-0.4, -0.2) is 67.0 Å². The highest BCUT2D eigenvalue weighted by Crippen LogP contribution is 2.41. The summed E-state index contributed by atoms with van der Waals surface area (Å²) in [6.07, 6.45) is -5.76. The van der Waals surface area contributed by atoms with Gasteiger partial charge in [0, 0.05) is 18.2 Å². The van der Waals surface area contributed by atoms with Crippen molar-refractivity contribution >= 4 is 11.0 Å². The van der Waals surface area contributed by atoms with E-state index in [1.54, 1.807) is 0 Å². The zero-order valence-corrected chi connectivity index (χ0v) is 15.3. The fourth-order valence-electron chi connectivity index (χ4n) is 3.15. The first-order chi connectivity index (χ1) is 14.2. The van der Waals surface area contributed by atoms with Crippen molar-refractivity contribution in [3.63, 3.8) is 0 Å². The van der Waals surface area contributed by atoms with E-state index >= 15 is 0 Å². The molecule has 0 spiro atoms. The molecule has 3 aromatic rings. The van der Waals surface area contributed by atoms with Gasteiger partial charge in [0.2, 0.25) is 12.0 Å². The number of phenols is 4. The Hall–Kier alpha value is -3.31. The van der Waals surface area contributed by atoms with Crippen molar-refractivity contribution < 1.29 is 49.6 Å². The number of aliphatic hydroxyl groups is 3. The van der Waals surface area contributed by atoms with Gasteiger partial charge in [0.15, 0.2) is 11.5 Å². The van der Waals surface area contributed by atoms with Crippen LogP contribution in [0.2, 0.25) is 0 Å². The monoisotopic (exact) mass is 419 g/mol. The minimum atomic E-state index is -1.58. The third-order valence-corrected chi connectivity index (χ3v) is 4.75. The summed E-state index contributed by atoms with van der Waals surface area (Å²) in [4.78, 5) is 0. The molecule has 1 aliphatic rings. The van der Waals surface area contributed by atoms with E-state index in [1.165, 1.54) is 30.3 Å². The normalized spacial score (nSPS) is 24.1. The Morgan fingerprint density at radius 2 is 1.63 bits per heavy atom. The molecule has 0 radical (unpaired) electrons. The van der Waals surface area contributed by atoms with E-state index in [1.807, 2.05) is 0 Å². The van der Waals surface area contributed by atoms with Crippen molar-refractivity contribution in [1.29, 1.82) is 0 Å². The number of hydrogen-bond acceptors (Lipinski definition) is 9. The molecule has 4 atom stereocenters. The number of rotatable bonds is 3. The Balaban J connectivity index is 1.84. The fourth-order valence-corrected chi connectivity index (χ4v) is 3.15. The first-order valence-electron chi connectivity index (χ1n) is 8.92. The molecule has 0 amide bonds. The van der Waals surface area contributed by atoms with Crippen molar-refractivity contribution in [2.24, 2.45) is 0 Å². The minimum Gasteiger partial charge on any atom is -0.507 e. The third-order valence-electron chi connectivity index (χ3n) is 4.75. The van der Waals surface area contributed by atoms with Crippen LogP contribution >= 0.6 is 0 Å². The highest BCUT2D eigenvalue weighted by Gasteiger charge is 2.40. The van der Waals surface area contributed by atoms with E-state index in [9.17, 15) is 35.7 Å². The molecular formula is C20H19O10+. The zero-order chi connectivity index (χ0) is 21.6. The van der Waals surface area contributed by atoms with Crippen LogP contribution < -0.4 is 4.74 Å². The average molecular weight is 419 g/mol. The van der Waals surface area contributed by atoms with Crippen LogP contribution in [0.3, 0.4) is 0 Å². The maximum Gasteiger partial charge on any atom is 0.402 e. The lowest BCUT2D eigenvalue weighted by Gasteiger charge is -2.34. The summed E-state index contributed by atoms with van der Waals surface area (Å²) in [5, 5.41) is 69.1. The number of benzene rings is 2. The predicted octanol–water partition coefficient (Wildman–Crippen LogP) is 1.02. The van der Waals surface area contributed by atoms with E-state index < -0.39 is 30.4 Å². The van der Waals surface area contributed by atoms with Crippen LogP contribution in [-0.2, 0) is 4.74 Å². The largest absolute Gasteiger partial charge is 0.507 e. The Labute approximate surface area is 169 Å². The van der Waals surface area contributed by atoms with E-state index in [-0.39, 0.29) is 51.9 Å². The summed E-state index contributed by atoms with van der Waals surface area (Å²) in [5.41, 5.74) is 0.346. The van der Waals surface area contributed by atoms with Crippen LogP contribution in [0, 0.1) is 0 Å². The Kier molecular flexibility index (Phi) is 5.00. The van der Waals surface area contributed by atoms with Crippen molar-refractivity contribution in [3.8, 4) is 40.1 Å². The smallest absolute Gasteiger partial charge is 0.402 e. The van der Waals surface area contributed by atoms with Crippen molar-refractivity contribution in [2.45, 2.75) is 24.6 Å². The maximum atomic E-state index is 10.2. The molecule has 10 nitrogen and oxygen atoms in total. The average Bonchev–Trinajstić information content (AvgIpc) is 2.70. The molecule has 0 saturated carbocycles. The number of aliphatic hydroxyl groups excluding tert-OH is 3. The summed E-state index contributed by atoms with van der Waals surface area (Å²) in [6.45, 7) is -0.290. The van der Waals surface area contributed by atoms with Gasteiger partial charge in [-0.15, -0.1) is 0 Å². The molecule has 1 aliphatic heterocycles. The lowest BCUT2D eigenvalue weighted by atomic mass is 10.1. The van der Waals surface area contributed by atoms with Gasteiger partial charge in [-0.05, 0) is 12.1 Å². The standard InChI is InChI=1S/C20H18O10/c21-9-4-12(23)10-6-16(30-20-18(27)17(26)14(25)7-28-20)19(29-15(10)5-9)8-1-2-11(22)13(24)3-8/h1-6,14,17-18,20,25-27H,7H2,(H3-,21,22,23,24)/p+1/t14-,17+,18-,20?/m1/s1. The molecule has 1 fully saturated rings. The molecule has 30 heavy (non-hydrogen) atoms. The molecule has 1 saturated heterocycles. The van der Waals surface area contributed by atoms with Crippen molar-refractivity contribution in [2.75, 3.05) is 6.61 Å². The molecule has 158 valence electrons. The third kappa shape index (κ3) is 3.53. The van der Waals surface area contributed by atoms with E-state index in [0.717, 1.165) is 6.07 Å². The highest BCUT2D eigenvalue weighted by atomic mass is 16.7. The lowest BCUT2D eigenvalue weighted by Crippen LogP contribution is -2.54. The van der Waals surface area contributed by atoms with Crippen LogP contribution in [0.5, 0.6) is 28.7 Å². The molecule has 0 bridgehead atoms. The molecule has 1 aromatic heterocycles. The van der Waals surface area contributed by atoms with Gasteiger partial charge in [-0.3, -0.25) is 0 Å². The SMILES string of the molecule is Oc1cc(O)c2cc(OC3OC[C@@H](O)[C@H](O)[C@H]3O)c(-c3ccc(O)c(O)c3)[o+]c2c1. The second-order valence-corrected chi connectivity index (χ2v) is 6.89. The minimum absolute atomic E-state index is 0.0132. The summed E-state index contributed by atoms with van der Waals surface area (Å²) in [5.74, 6) is -1.37. The van der Waals surface area contributed by atoms with Gasteiger partial charge >= 0.3 is 11.3 Å². The Bertz CT molecular complexity index is 1100. The number of phenolic OH excluding ortho intramolecular Hbond substituents is 4. The number of fused-ring (bicyclic) bond motifs is 1.